The largest absolute Gasteiger partial charge is 0.462 e. The standard InChI is InChI=1S/C18H22N2O3/c1-18(11-22-12-18)17(7-8-19)20-15(16-10-21-13-23-16)9-14-5-3-2-4-6-14/h2-6,10,15,17,20H,7,9,11-13H2,1H3. The maximum absolute atomic E-state index is 9.19. The first-order valence-corrected chi connectivity index (χ1v) is 7.90. The molecule has 2 aliphatic rings. The minimum Gasteiger partial charge on any atom is -0.462 e. The molecular formula is C18H22N2O3. The molecule has 5 nitrogen and oxygen atoms in total. The zero-order valence-corrected chi connectivity index (χ0v) is 13.3. The Labute approximate surface area is 136 Å². The highest BCUT2D eigenvalue weighted by Gasteiger charge is 2.42. The summed E-state index contributed by atoms with van der Waals surface area (Å²) in [5, 5.41) is 12.8. The lowest BCUT2D eigenvalue weighted by Crippen LogP contribution is -2.57. The molecule has 2 unspecified atom stereocenters. The number of ether oxygens (including phenoxy) is 3. The van der Waals surface area contributed by atoms with Gasteiger partial charge in [0.1, 0.15) is 6.26 Å². The molecule has 0 spiro atoms. The zero-order valence-electron chi connectivity index (χ0n) is 13.3. The maximum atomic E-state index is 9.19. The van der Waals surface area contributed by atoms with E-state index in [0.29, 0.717) is 19.6 Å². The Bertz CT molecular complexity index is 590. The van der Waals surface area contributed by atoms with Gasteiger partial charge in [-0.2, -0.15) is 5.26 Å². The number of nitrogens with zero attached hydrogens (tertiary/aromatic N) is 1. The van der Waals surface area contributed by atoms with Crippen LogP contribution in [0.4, 0.5) is 0 Å². The molecule has 122 valence electrons. The molecule has 1 N–H and O–H groups in total. The molecule has 0 amide bonds. The summed E-state index contributed by atoms with van der Waals surface area (Å²) in [7, 11) is 0. The fourth-order valence-electron chi connectivity index (χ4n) is 2.99. The molecule has 3 rings (SSSR count). The Kier molecular flexibility index (Phi) is 4.85. The van der Waals surface area contributed by atoms with Gasteiger partial charge in [-0.25, -0.2) is 0 Å². The molecule has 0 aliphatic carbocycles. The van der Waals surface area contributed by atoms with Crippen LogP contribution in [-0.2, 0) is 20.6 Å². The van der Waals surface area contributed by atoms with Gasteiger partial charge >= 0.3 is 0 Å². The van der Waals surface area contributed by atoms with Crippen LogP contribution in [0.1, 0.15) is 18.9 Å². The monoisotopic (exact) mass is 314 g/mol. The van der Waals surface area contributed by atoms with Crippen LogP contribution in [-0.4, -0.2) is 32.1 Å². The van der Waals surface area contributed by atoms with E-state index in [1.165, 1.54) is 5.56 Å². The first kappa shape index (κ1) is 15.9. The van der Waals surface area contributed by atoms with Crippen LogP contribution < -0.4 is 5.32 Å². The van der Waals surface area contributed by atoms with Gasteiger partial charge in [0.2, 0.25) is 6.79 Å². The summed E-state index contributed by atoms with van der Waals surface area (Å²) in [6.07, 6.45) is 2.90. The molecule has 1 aromatic rings. The molecule has 0 aromatic heterocycles. The van der Waals surface area contributed by atoms with Crippen LogP contribution >= 0.6 is 0 Å². The second-order valence-electron chi connectivity index (χ2n) is 6.42. The Morgan fingerprint density at radius 1 is 1.30 bits per heavy atom. The Morgan fingerprint density at radius 2 is 2.09 bits per heavy atom. The van der Waals surface area contributed by atoms with E-state index in [1.54, 1.807) is 6.26 Å². The van der Waals surface area contributed by atoms with E-state index < -0.39 is 0 Å². The number of benzene rings is 1. The third-order valence-electron chi connectivity index (χ3n) is 4.52. The number of nitrogens with one attached hydrogen (secondary N) is 1. The van der Waals surface area contributed by atoms with Crippen molar-refractivity contribution in [1.29, 1.82) is 5.26 Å². The molecule has 1 fully saturated rings. The average Bonchev–Trinajstić information content (AvgIpc) is 3.07. The summed E-state index contributed by atoms with van der Waals surface area (Å²) in [6, 6.07) is 12.6. The average molecular weight is 314 g/mol. The van der Waals surface area contributed by atoms with Crippen LogP contribution in [0.25, 0.3) is 0 Å². The highest BCUT2D eigenvalue weighted by Crippen LogP contribution is 2.33. The molecule has 0 radical (unpaired) electrons. The normalized spacial score (nSPS) is 21.1. The van der Waals surface area contributed by atoms with Gasteiger partial charge in [0.05, 0.1) is 31.7 Å². The van der Waals surface area contributed by atoms with Gasteiger partial charge in [-0.3, -0.25) is 0 Å². The van der Waals surface area contributed by atoms with Gasteiger partial charge in [0.15, 0.2) is 5.76 Å². The molecule has 2 aliphatic heterocycles. The van der Waals surface area contributed by atoms with E-state index in [0.717, 1.165) is 12.2 Å². The number of hydrogen-bond donors (Lipinski definition) is 1. The van der Waals surface area contributed by atoms with Gasteiger partial charge < -0.3 is 19.5 Å². The first-order valence-electron chi connectivity index (χ1n) is 7.90. The van der Waals surface area contributed by atoms with Crippen molar-refractivity contribution < 1.29 is 14.2 Å². The number of hydrogen-bond acceptors (Lipinski definition) is 5. The first-order chi connectivity index (χ1) is 11.2. The van der Waals surface area contributed by atoms with Gasteiger partial charge in [-0.15, -0.1) is 0 Å². The quantitative estimate of drug-likeness (QED) is 0.837. The van der Waals surface area contributed by atoms with E-state index in [1.807, 2.05) is 18.2 Å². The second kappa shape index (κ2) is 7.03. The third-order valence-corrected chi connectivity index (χ3v) is 4.52. The SMILES string of the molecule is CC1(C(CC#N)NC(Cc2ccccc2)C2=COCO2)COC1. The molecule has 23 heavy (non-hydrogen) atoms. The van der Waals surface area contributed by atoms with Crippen molar-refractivity contribution in [2.24, 2.45) is 5.41 Å². The molecule has 0 saturated carbocycles. The Morgan fingerprint density at radius 3 is 2.65 bits per heavy atom. The van der Waals surface area contributed by atoms with Crippen molar-refractivity contribution in [3.8, 4) is 6.07 Å². The van der Waals surface area contributed by atoms with Crippen molar-refractivity contribution >= 4 is 0 Å². The molecule has 1 aromatic carbocycles. The predicted octanol–water partition coefficient (Wildman–Crippen LogP) is 2.35. The van der Waals surface area contributed by atoms with Crippen LogP contribution in [0.3, 0.4) is 0 Å². The Hall–Kier alpha value is -2.03. The fourth-order valence-corrected chi connectivity index (χ4v) is 2.99. The van der Waals surface area contributed by atoms with Crippen molar-refractivity contribution in [2.45, 2.75) is 31.8 Å². The summed E-state index contributed by atoms with van der Waals surface area (Å²) in [5.74, 6) is 0.792. The zero-order chi connectivity index (χ0) is 16.1. The van der Waals surface area contributed by atoms with Crippen molar-refractivity contribution in [1.82, 2.24) is 5.32 Å². The van der Waals surface area contributed by atoms with E-state index >= 15 is 0 Å². The minimum absolute atomic E-state index is 0.00924. The summed E-state index contributed by atoms with van der Waals surface area (Å²) in [5.41, 5.74) is 1.21. The lowest BCUT2D eigenvalue weighted by Gasteiger charge is -2.45. The smallest absolute Gasteiger partial charge is 0.229 e. The predicted molar refractivity (Wildman–Crippen MR) is 85.1 cm³/mol. The summed E-state index contributed by atoms with van der Waals surface area (Å²) >= 11 is 0. The topological polar surface area (TPSA) is 63.5 Å². The second-order valence-corrected chi connectivity index (χ2v) is 6.42. The molecule has 2 heterocycles. The van der Waals surface area contributed by atoms with Gasteiger partial charge in [0.25, 0.3) is 0 Å². The molecule has 2 atom stereocenters. The Balaban J connectivity index is 1.75. The highest BCUT2D eigenvalue weighted by atomic mass is 16.7. The van der Waals surface area contributed by atoms with Crippen LogP contribution in [0, 0.1) is 16.7 Å². The molecular weight excluding hydrogens is 292 g/mol. The molecule has 0 bridgehead atoms. The van der Waals surface area contributed by atoms with Gasteiger partial charge in [0, 0.05) is 11.5 Å². The number of rotatable bonds is 7. The van der Waals surface area contributed by atoms with Crippen LogP contribution in [0.5, 0.6) is 0 Å². The lowest BCUT2D eigenvalue weighted by molar-refractivity contribution is -0.121. The molecule has 5 heteroatoms. The summed E-state index contributed by atoms with van der Waals surface area (Å²) < 4.78 is 16.2. The van der Waals surface area contributed by atoms with E-state index in [-0.39, 0.29) is 24.3 Å². The number of nitriles is 1. The molecule has 1 saturated heterocycles. The van der Waals surface area contributed by atoms with E-state index in [9.17, 15) is 5.26 Å². The highest BCUT2D eigenvalue weighted by molar-refractivity contribution is 5.19. The summed E-state index contributed by atoms with van der Waals surface area (Å²) in [4.78, 5) is 0. The fraction of sp³-hybridized carbons (Fsp3) is 0.500. The maximum Gasteiger partial charge on any atom is 0.229 e. The lowest BCUT2D eigenvalue weighted by atomic mass is 9.78. The van der Waals surface area contributed by atoms with E-state index in [4.69, 9.17) is 14.2 Å². The van der Waals surface area contributed by atoms with Gasteiger partial charge in [-0.1, -0.05) is 37.3 Å². The van der Waals surface area contributed by atoms with E-state index in [2.05, 4.69) is 30.4 Å². The van der Waals surface area contributed by atoms with Gasteiger partial charge in [-0.05, 0) is 12.0 Å². The minimum atomic E-state index is -0.0179. The van der Waals surface area contributed by atoms with Crippen LogP contribution in [0.2, 0.25) is 0 Å². The van der Waals surface area contributed by atoms with Crippen molar-refractivity contribution in [2.75, 3.05) is 20.0 Å². The third kappa shape index (κ3) is 3.66. The summed E-state index contributed by atoms with van der Waals surface area (Å²) in [6.45, 7) is 3.78. The van der Waals surface area contributed by atoms with Crippen LogP contribution in [0.15, 0.2) is 42.4 Å². The van der Waals surface area contributed by atoms with Crippen molar-refractivity contribution in [3.05, 3.63) is 47.9 Å². The van der Waals surface area contributed by atoms with Crippen molar-refractivity contribution in [3.63, 3.8) is 0 Å².